The quantitative estimate of drug-likeness (QED) is 0.547. The van der Waals surface area contributed by atoms with Crippen LogP contribution in [0.5, 0.6) is 0 Å². The molecule has 0 saturated carbocycles. The number of nitrogens with zero attached hydrogens (tertiary/aromatic N) is 3. The molecule has 8 heavy (non-hydrogen) atoms. The Labute approximate surface area is 64.8 Å². The van der Waals surface area contributed by atoms with Gasteiger partial charge in [0.05, 0.1) is 0 Å². The van der Waals surface area contributed by atoms with Gasteiger partial charge in [-0.2, -0.15) is 5.10 Å². The average molecular weight is 183 g/mol. The molecule has 0 spiro atoms. The van der Waals surface area contributed by atoms with Crippen molar-refractivity contribution in [1.82, 2.24) is 14.8 Å². The van der Waals surface area contributed by atoms with Gasteiger partial charge < -0.3 is 0 Å². The van der Waals surface area contributed by atoms with E-state index in [0.29, 0.717) is 5.28 Å². The maximum atomic E-state index is 5.41. The van der Waals surface area contributed by atoms with E-state index in [9.17, 15) is 0 Å². The topological polar surface area (TPSA) is 30.7 Å². The van der Waals surface area contributed by atoms with Crippen molar-refractivity contribution in [2.45, 2.75) is 0 Å². The molecule has 1 heterocycles. The van der Waals surface area contributed by atoms with Crippen molar-refractivity contribution < 1.29 is 19.5 Å². The number of rotatable bonds is 0. The minimum Gasteiger partial charge on any atom is -0.240 e. The first-order chi connectivity index (χ1) is 3.30. The third-order valence-electron chi connectivity index (χ3n) is 0.656. The van der Waals surface area contributed by atoms with E-state index in [1.54, 1.807) is 7.05 Å². The number of aryl methyl sites for hydroxylation is 1. The van der Waals surface area contributed by atoms with E-state index < -0.39 is 0 Å². The summed E-state index contributed by atoms with van der Waals surface area (Å²) >= 11 is 5.41. The second kappa shape index (κ2) is 3.15. The largest absolute Gasteiger partial charge is 2.00 e. The Kier molecular flexibility index (Phi) is 3.17. The zero-order chi connectivity index (χ0) is 5.28. The summed E-state index contributed by atoms with van der Waals surface area (Å²) in [6.07, 6.45) is 1.41. The van der Waals surface area contributed by atoms with E-state index in [0.717, 1.165) is 0 Å². The molecular weight excluding hydrogens is 179 g/mol. The molecule has 5 heteroatoms. The smallest absolute Gasteiger partial charge is 0.240 e. The number of halogens is 1. The fourth-order valence-corrected chi connectivity index (χ4v) is 0.369. The van der Waals surface area contributed by atoms with Crippen molar-refractivity contribution >= 4 is 11.6 Å². The van der Waals surface area contributed by atoms with Crippen molar-refractivity contribution in [2.24, 2.45) is 7.05 Å². The van der Waals surface area contributed by atoms with E-state index in [-0.39, 0.29) is 19.5 Å². The van der Waals surface area contributed by atoms with Gasteiger partial charge in [-0.25, -0.2) is 9.67 Å². The fraction of sp³-hybridized carbons (Fsp3) is 0.333. The fourth-order valence-electron chi connectivity index (χ4n) is 0.282. The molecule has 0 aliphatic heterocycles. The number of hydrogen-bond acceptors (Lipinski definition) is 2. The average Bonchev–Trinajstić information content (AvgIpc) is 1.91. The summed E-state index contributed by atoms with van der Waals surface area (Å²) in [5.74, 6) is 0. The van der Waals surface area contributed by atoms with Gasteiger partial charge in [-0.15, -0.1) is 0 Å². The Balaban J connectivity index is 0.000000490. The van der Waals surface area contributed by atoms with Crippen molar-refractivity contribution in [3.63, 3.8) is 0 Å². The first kappa shape index (κ1) is 8.05. The zero-order valence-corrected chi connectivity index (χ0v) is 8.23. The van der Waals surface area contributed by atoms with Gasteiger partial charge in [0.2, 0.25) is 5.28 Å². The van der Waals surface area contributed by atoms with Gasteiger partial charge in [-0.05, 0) is 11.6 Å². The van der Waals surface area contributed by atoms with Crippen molar-refractivity contribution in [3.8, 4) is 0 Å². The monoisotopic (exact) mass is 181 g/mol. The molecule has 0 saturated heterocycles. The third-order valence-corrected chi connectivity index (χ3v) is 0.998. The van der Waals surface area contributed by atoms with Gasteiger partial charge in [0, 0.05) is 7.05 Å². The molecule has 38 valence electrons. The first-order valence-electron chi connectivity index (χ1n) is 1.80. The Bertz CT molecular complexity index is 147. The van der Waals surface area contributed by atoms with Crippen LogP contribution in [0.2, 0.25) is 5.28 Å². The van der Waals surface area contributed by atoms with E-state index in [1.807, 2.05) is 0 Å². The summed E-state index contributed by atoms with van der Waals surface area (Å²) in [6, 6.07) is 0. The van der Waals surface area contributed by atoms with E-state index in [4.69, 9.17) is 11.6 Å². The molecule has 0 radical (unpaired) electrons. The van der Waals surface area contributed by atoms with Gasteiger partial charge in [-0.1, -0.05) is 0 Å². The van der Waals surface area contributed by atoms with Gasteiger partial charge in [0.1, 0.15) is 6.33 Å². The summed E-state index contributed by atoms with van der Waals surface area (Å²) in [5, 5.41) is 4.11. The molecular formula is C3H4ClN3Zn+2. The first-order valence-corrected chi connectivity index (χ1v) is 2.18. The normalized spacial score (nSPS) is 8.25. The second-order valence-electron chi connectivity index (χ2n) is 1.15. The van der Waals surface area contributed by atoms with Crippen LogP contribution in [-0.4, -0.2) is 14.8 Å². The molecule has 0 aliphatic rings. The van der Waals surface area contributed by atoms with E-state index >= 15 is 0 Å². The molecule has 0 N–H and O–H groups in total. The molecule has 0 atom stereocenters. The van der Waals surface area contributed by atoms with E-state index in [2.05, 4.69) is 10.1 Å². The van der Waals surface area contributed by atoms with Crippen molar-refractivity contribution in [1.29, 1.82) is 0 Å². The van der Waals surface area contributed by atoms with Crippen LogP contribution in [-0.2, 0) is 26.5 Å². The van der Waals surface area contributed by atoms with Gasteiger partial charge in [0.15, 0.2) is 0 Å². The molecule has 0 aliphatic carbocycles. The summed E-state index contributed by atoms with van der Waals surface area (Å²) < 4.78 is 1.49. The van der Waals surface area contributed by atoms with Crippen LogP contribution in [0, 0.1) is 0 Å². The maximum Gasteiger partial charge on any atom is 2.00 e. The molecule has 0 unspecified atom stereocenters. The summed E-state index contributed by atoms with van der Waals surface area (Å²) in [4.78, 5) is 3.63. The molecule has 0 fully saturated rings. The Morgan fingerprint density at radius 2 is 2.38 bits per heavy atom. The van der Waals surface area contributed by atoms with Crippen LogP contribution < -0.4 is 0 Å². The van der Waals surface area contributed by atoms with E-state index in [1.165, 1.54) is 11.0 Å². The van der Waals surface area contributed by atoms with Crippen LogP contribution >= 0.6 is 11.6 Å². The predicted octanol–water partition coefficient (Wildman–Crippen LogP) is 0.466. The van der Waals surface area contributed by atoms with Gasteiger partial charge in [0.25, 0.3) is 0 Å². The van der Waals surface area contributed by atoms with Crippen molar-refractivity contribution in [2.75, 3.05) is 0 Å². The number of aromatic nitrogens is 3. The predicted molar refractivity (Wildman–Crippen MR) is 26.0 cm³/mol. The molecule has 0 amide bonds. The molecule has 0 aromatic carbocycles. The molecule has 1 rings (SSSR count). The third kappa shape index (κ3) is 1.53. The SMILES string of the molecule is Cn1ncnc1Cl.[Zn+2]. The minimum absolute atomic E-state index is 0. The van der Waals surface area contributed by atoms with Crippen LogP contribution in [0.3, 0.4) is 0 Å². The second-order valence-corrected chi connectivity index (χ2v) is 1.49. The van der Waals surface area contributed by atoms with Crippen molar-refractivity contribution in [3.05, 3.63) is 11.6 Å². The number of hydrogen-bond donors (Lipinski definition) is 0. The summed E-state index contributed by atoms with van der Waals surface area (Å²) in [7, 11) is 1.73. The van der Waals surface area contributed by atoms with Crippen LogP contribution in [0.15, 0.2) is 6.33 Å². The summed E-state index contributed by atoms with van der Waals surface area (Å²) in [6.45, 7) is 0. The molecule has 1 aromatic heterocycles. The Morgan fingerprint density at radius 1 is 1.75 bits per heavy atom. The standard InChI is InChI=1S/C3H4ClN3.Zn/c1-7-3(4)5-2-6-7;/h2H,1H3;/q;+2. The van der Waals surface area contributed by atoms with Crippen LogP contribution in [0.1, 0.15) is 0 Å². The zero-order valence-electron chi connectivity index (χ0n) is 4.50. The van der Waals surface area contributed by atoms with Gasteiger partial charge >= 0.3 is 19.5 Å². The van der Waals surface area contributed by atoms with Gasteiger partial charge in [-0.3, -0.25) is 0 Å². The van der Waals surface area contributed by atoms with Crippen LogP contribution in [0.4, 0.5) is 0 Å². The Hall–Kier alpha value is 0.0534. The molecule has 1 aromatic rings. The minimum atomic E-state index is 0. The molecule has 0 bridgehead atoms. The molecule has 3 nitrogen and oxygen atoms in total. The van der Waals surface area contributed by atoms with Crippen LogP contribution in [0.25, 0.3) is 0 Å². The maximum absolute atomic E-state index is 5.41. The Morgan fingerprint density at radius 3 is 2.50 bits per heavy atom. The summed E-state index contributed by atoms with van der Waals surface area (Å²) in [5.41, 5.74) is 0.